The zero-order chi connectivity index (χ0) is 15.2. The van der Waals surface area contributed by atoms with E-state index in [1.807, 2.05) is 19.2 Å². The van der Waals surface area contributed by atoms with Gasteiger partial charge in [-0.25, -0.2) is 4.98 Å². The number of hydrogen-bond acceptors (Lipinski definition) is 5. The van der Waals surface area contributed by atoms with Gasteiger partial charge in [-0.3, -0.25) is 9.59 Å². The highest BCUT2D eigenvalue weighted by molar-refractivity contribution is 7.13. The van der Waals surface area contributed by atoms with Crippen molar-refractivity contribution < 1.29 is 14.7 Å². The summed E-state index contributed by atoms with van der Waals surface area (Å²) in [5.74, 6) is -1.78. The highest BCUT2D eigenvalue weighted by Gasteiger charge is 2.66. The Morgan fingerprint density at radius 2 is 1.95 bits per heavy atom. The summed E-state index contributed by atoms with van der Waals surface area (Å²) in [5, 5.41) is 12.1. The molecule has 0 aromatic carbocycles. The fourth-order valence-corrected chi connectivity index (χ4v) is 3.94. The van der Waals surface area contributed by atoms with Crippen molar-refractivity contribution in [1.29, 1.82) is 0 Å². The van der Waals surface area contributed by atoms with Crippen molar-refractivity contribution >= 4 is 28.3 Å². The quantitative estimate of drug-likeness (QED) is 0.906. The van der Waals surface area contributed by atoms with Crippen molar-refractivity contribution in [3.05, 3.63) is 11.6 Å². The predicted molar refractivity (Wildman–Crippen MR) is 79.3 cm³/mol. The average molecular weight is 309 g/mol. The molecule has 1 aliphatic carbocycles. The molecule has 1 saturated carbocycles. The third-order valence-corrected chi connectivity index (χ3v) is 5.47. The zero-order valence-corrected chi connectivity index (χ0v) is 13.0. The van der Waals surface area contributed by atoms with Crippen LogP contribution in [0.15, 0.2) is 11.6 Å². The maximum absolute atomic E-state index is 12.5. The first kappa shape index (κ1) is 14.3. The minimum absolute atomic E-state index is 0.00816. The van der Waals surface area contributed by atoms with Gasteiger partial charge in [-0.1, -0.05) is 13.8 Å². The Kier molecular flexibility index (Phi) is 3.39. The Bertz CT molecular complexity index is 550. The maximum atomic E-state index is 12.5. The molecule has 1 N–H and O–H groups in total. The number of aromatic nitrogens is 1. The molecule has 2 fully saturated rings. The van der Waals surface area contributed by atoms with Crippen LogP contribution in [0.3, 0.4) is 0 Å². The molecule has 0 bridgehead atoms. The Balaban J connectivity index is 1.60. The molecule has 2 unspecified atom stereocenters. The van der Waals surface area contributed by atoms with Crippen LogP contribution in [0.4, 0.5) is 5.13 Å². The lowest BCUT2D eigenvalue weighted by molar-refractivity contribution is -0.142. The van der Waals surface area contributed by atoms with Crippen LogP contribution in [0.25, 0.3) is 0 Å². The molecule has 6 nitrogen and oxygen atoms in total. The fraction of sp³-hybridized carbons (Fsp3) is 0.643. The van der Waals surface area contributed by atoms with E-state index in [-0.39, 0.29) is 11.8 Å². The van der Waals surface area contributed by atoms with E-state index >= 15 is 0 Å². The van der Waals surface area contributed by atoms with Gasteiger partial charge in [0.15, 0.2) is 5.13 Å². The third kappa shape index (κ3) is 2.39. The number of rotatable bonds is 3. The van der Waals surface area contributed by atoms with E-state index in [4.69, 9.17) is 0 Å². The van der Waals surface area contributed by atoms with E-state index < -0.39 is 17.3 Å². The van der Waals surface area contributed by atoms with Crippen molar-refractivity contribution in [2.45, 2.75) is 13.8 Å². The monoisotopic (exact) mass is 309 g/mol. The van der Waals surface area contributed by atoms with Gasteiger partial charge in [-0.15, -0.1) is 11.3 Å². The molecule has 114 valence electrons. The third-order valence-electron chi connectivity index (χ3n) is 4.64. The lowest BCUT2D eigenvalue weighted by Crippen LogP contribution is -2.49. The Morgan fingerprint density at radius 3 is 2.43 bits per heavy atom. The van der Waals surface area contributed by atoms with Gasteiger partial charge in [0.05, 0.1) is 11.8 Å². The van der Waals surface area contributed by atoms with E-state index in [0.717, 1.165) is 18.2 Å². The van der Waals surface area contributed by atoms with Crippen molar-refractivity contribution in [3.63, 3.8) is 0 Å². The number of carbonyl (C=O) groups is 2. The van der Waals surface area contributed by atoms with Gasteiger partial charge >= 0.3 is 5.97 Å². The van der Waals surface area contributed by atoms with Crippen LogP contribution < -0.4 is 4.90 Å². The summed E-state index contributed by atoms with van der Waals surface area (Å²) in [5.41, 5.74) is -0.421. The number of carboxylic acids is 1. The SMILES string of the molecule is CC1(C)C(C(=O)O)C1C(=O)N1CCN(c2nccs2)CC1. The van der Waals surface area contributed by atoms with Gasteiger partial charge in [0, 0.05) is 37.8 Å². The molecular formula is C14H19N3O3S. The lowest BCUT2D eigenvalue weighted by atomic mass is 10.1. The molecule has 2 aliphatic rings. The number of amides is 1. The summed E-state index contributed by atoms with van der Waals surface area (Å²) >= 11 is 1.60. The number of carboxylic acid groups (broad SMARTS) is 1. The molecule has 3 rings (SSSR count). The average Bonchev–Trinajstić information content (AvgIpc) is 2.81. The summed E-state index contributed by atoms with van der Waals surface area (Å²) in [6.45, 7) is 6.50. The van der Waals surface area contributed by atoms with Gasteiger partial charge in [-0.05, 0) is 5.41 Å². The second-order valence-corrected chi connectivity index (χ2v) is 7.11. The van der Waals surface area contributed by atoms with Crippen LogP contribution in [0.5, 0.6) is 0 Å². The number of carbonyl (C=O) groups excluding carboxylic acids is 1. The van der Waals surface area contributed by atoms with Crippen LogP contribution in [-0.4, -0.2) is 53.0 Å². The molecule has 1 amide bonds. The molecule has 1 aromatic heterocycles. The van der Waals surface area contributed by atoms with Crippen molar-refractivity contribution in [1.82, 2.24) is 9.88 Å². The smallest absolute Gasteiger partial charge is 0.307 e. The summed E-state index contributed by atoms with van der Waals surface area (Å²) in [6, 6.07) is 0. The first-order valence-corrected chi connectivity index (χ1v) is 7.97. The van der Waals surface area contributed by atoms with Gasteiger partial charge in [0.2, 0.25) is 5.91 Å². The predicted octanol–water partition coefficient (Wildman–Crippen LogP) is 1.15. The first-order chi connectivity index (χ1) is 9.93. The summed E-state index contributed by atoms with van der Waals surface area (Å²) in [6.07, 6.45) is 1.78. The number of nitrogens with zero attached hydrogens (tertiary/aromatic N) is 3. The number of hydrogen-bond donors (Lipinski definition) is 1. The second kappa shape index (κ2) is 4.98. The topological polar surface area (TPSA) is 73.7 Å². The number of piperazine rings is 1. The minimum atomic E-state index is -0.861. The van der Waals surface area contributed by atoms with Crippen LogP contribution in [0, 0.1) is 17.3 Å². The molecule has 0 radical (unpaired) electrons. The summed E-state index contributed by atoms with van der Waals surface area (Å²) in [7, 11) is 0. The normalized spacial score (nSPS) is 27.5. The lowest BCUT2D eigenvalue weighted by Gasteiger charge is -2.35. The maximum Gasteiger partial charge on any atom is 0.307 e. The standard InChI is InChI=1S/C14H19N3O3S/c1-14(2)9(10(14)12(19)20)11(18)16-4-6-17(7-5-16)13-15-3-8-21-13/h3,8-10H,4-7H2,1-2H3,(H,19,20). The summed E-state index contributed by atoms with van der Waals surface area (Å²) in [4.78, 5) is 32.0. The number of thiazole rings is 1. The Hall–Kier alpha value is -1.63. The Morgan fingerprint density at radius 1 is 1.29 bits per heavy atom. The van der Waals surface area contributed by atoms with Gasteiger partial charge in [0.1, 0.15) is 0 Å². The largest absolute Gasteiger partial charge is 0.481 e. The zero-order valence-electron chi connectivity index (χ0n) is 12.2. The minimum Gasteiger partial charge on any atom is -0.481 e. The molecule has 2 heterocycles. The van der Waals surface area contributed by atoms with Crippen molar-refractivity contribution in [2.75, 3.05) is 31.1 Å². The van der Waals surface area contributed by atoms with Crippen LogP contribution >= 0.6 is 11.3 Å². The highest BCUT2D eigenvalue weighted by Crippen LogP contribution is 2.59. The van der Waals surface area contributed by atoms with Crippen molar-refractivity contribution in [3.8, 4) is 0 Å². The van der Waals surface area contributed by atoms with Crippen LogP contribution in [-0.2, 0) is 9.59 Å². The Labute approximate surface area is 127 Å². The molecule has 0 spiro atoms. The molecule has 1 saturated heterocycles. The van der Waals surface area contributed by atoms with E-state index in [9.17, 15) is 14.7 Å². The van der Waals surface area contributed by atoms with Gasteiger partial charge < -0.3 is 14.9 Å². The molecule has 1 aliphatic heterocycles. The molecule has 1 aromatic rings. The molecular weight excluding hydrogens is 290 g/mol. The van der Waals surface area contributed by atoms with E-state index in [0.29, 0.717) is 13.1 Å². The number of aliphatic carboxylic acids is 1. The van der Waals surface area contributed by atoms with Crippen LogP contribution in [0.2, 0.25) is 0 Å². The van der Waals surface area contributed by atoms with Crippen LogP contribution in [0.1, 0.15) is 13.8 Å². The van der Waals surface area contributed by atoms with Gasteiger partial charge in [0.25, 0.3) is 0 Å². The fourth-order valence-electron chi connectivity index (χ4n) is 3.25. The number of anilines is 1. The molecule has 21 heavy (non-hydrogen) atoms. The second-order valence-electron chi connectivity index (χ2n) is 6.24. The van der Waals surface area contributed by atoms with E-state index in [2.05, 4.69) is 9.88 Å². The molecule has 7 heteroatoms. The highest BCUT2D eigenvalue weighted by atomic mass is 32.1. The van der Waals surface area contributed by atoms with Crippen molar-refractivity contribution in [2.24, 2.45) is 17.3 Å². The van der Waals surface area contributed by atoms with E-state index in [1.54, 1.807) is 22.4 Å². The molecule has 2 atom stereocenters. The first-order valence-electron chi connectivity index (χ1n) is 7.09. The summed E-state index contributed by atoms with van der Waals surface area (Å²) < 4.78 is 0. The van der Waals surface area contributed by atoms with E-state index in [1.165, 1.54) is 0 Å². The van der Waals surface area contributed by atoms with Gasteiger partial charge in [-0.2, -0.15) is 0 Å².